The van der Waals surface area contributed by atoms with Gasteiger partial charge in [-0.25, -0.2) is 0 Å². The lowest BCUT2D eigenvalue weighted by Gasteiger charge is -2.07. The molecule has 0 aromatic heterocycles. The molecule has 92 valence electrons. The second kappa shape index (κ2) is 11.8. The summed E-state index contributed by atoms with van der Waals surface area (Å²) in [5.41, 5.74) is 0. The summed E-state index contributed by atoms with van der Waals surface area (Å²) in [4.78, 5) is 15.1. The Morgan fingerprint density at radius 1 is 1.20 bits per heavy atom. The van der Waals surface area contributed by atoms with E-state index in [2.05, 4.69) is 11.8 Å². The summed E-state index contributed by atoms with van der Waals surface area (Å²) in [5.74, 6) is 4.45. The predicted octanol–water partition coefficient (Wildman–Crippen LogP) is 3.21. The molecule has 0 rings (SSSR count). The number of carbonyl (C=O) groups is 1. The summed E-state index contributed by atoms with van der Waals surface area (Å²) in [7, 11) is 0. The minimum atomic E-state index is -0.293. The van der Waals surface area contributed by atoms with Crippen LogP contribution in [0.2, 0.25) is 0 Å². The van der Waals surface area contributed by atoms with Crippen molar-refractivity contribution in [3.63, 3.8) is 0 Å². The van der Waals surface area contributed by atoms with E-state index in [0.29, 0.717) is 0 Å². The first-order valence-electron chi connectivity index (χ1n) is 5.63. The number of unbranched alkanes of at least 4 members (excludes halogenated alkanes) is 5. The lowest BCUT2D eigenvalue weighted by molar-refractivity contribution is -0.148. The van der Waals surface area contributed by atoms with Crippen molar-refractivity contribution in [2.75, 3.05) is 0 Å². The van der Waals surface area contributed by atoms with Crippen molar-refractivity contribution in [2.45, 2.75) is 58.8 Å². The molecule has 0 aliphatic carbocycles. The number of hydrogen-bond donors (Lipinski definition) is 1. The Morgan fingerprint density at radius 3 is 2.27 bits per heavy atom. The molecule has 0 aromatic rings. The zero-order chi connectivity index (χ0) is 10.8. The van der Waals surface area contributed by atoms with Crippen molar-refractivity contribution < 1.29 is 9.63 Å². The smallest absolute Gasteiger partial charge is 0.327 e. The molecule has 0 saturated carbocycles. The summed E-state index contributed by atoms with van der Waals surface area (Å²) in [6.45, 7) is 4.07. The second-order valence-corrected chi connectivity index (χ2v) is 3.89. The summed E-state index contributed by atoms with van der Waals surface area (Å²) < 4.78 is 0. The maximum Gasteiger partial charge on any atom is 0.327 e. The van der Waals surface area contributed by atoms with Gasteiger partial charge in [0.1, 0.15) is 0 Å². The van der Waals surface area contributed by atoms with Gasteiger partial charge in [0.25, 0.3) is 0 Å². The molecular formula is C11H24ClNO2. The van der Waals surface area contributed by atoms with Crippen LogP contribution in [0.4, 0.5) is 0 Å². The average molecular weight is 238 g/mol. The minimum Gasteiger partial charge on any atom is -0.373 e. The van der Waals surface area contributed by atoms with Crippen molar-refractivity contribution in [2.24, 2.45) is 11.8 Å². The van der Waals surface area contributed by atoms with Crippen LogP contribution in [-0.4, -0.2) is 5.97 Å². The van der Waals surface area contributed by atoms with Gasteiger partial charge in [-0.05, 0) is 6.42 Å². The molecule has 0 spiro atoms. The van der Waals surface area contributed by atoms with Crippen molar-refractivity contribution in [1.29, 1.82) is 0 Å². The molecule has 15 heavy (non-hydrogen) atoms. The fourth-order valence-electron chi connectivity index (χ4n) is 1.46. The van der Waals surface area contributed by atoms with E-state index in [1.807, 2.05) is 6.92 Å². The van der Waals surface area contributed by atoms with Crippen LogP contribution in [-0.2, 0) is 9.63 Å². The van der Waals surface area contributed by atoms with Crippen LogP contribution in [0.15, 0.2) is 0 Å². The van der Waals surface area contributed by atoms with Gasteiger partial charge in [0.15, 0.2) is 0 Å². The predicted molar refractivity (Wildman–Crippen MR) is 64.7 cm³/mol. The van der Waals surface area contributed by atoms with Gasteiger partial charge < -0.3 is 4.84 Å². The highest BCUT2D eigenvalue weighted by molar-refractivity contribution is 5.85. The van der Waals surface area contributed by atoms with Crippen LogP contribution in [0.3, 0.4) is 0 Å². The summed E-state index contributed by atoms with van der Waals surface area (Å²) in [6.07, 6.45) is 8.38. The lowest BCUT2D eigenvalue weighted by Crippen LogP contribution is -2.18. The first kappa shape index (κ1) is 17.1. The number of carbonyl (C=O) groups excluding carboxylic acids is 1. The Bertz CT molecular complexity index is 154. The van der Waals surface area contributed by atoms with E-state index < -0.39 is 0 Å². The molecule has 0 aromatic carbocycles. The van der Waals surface area contributed by atoms with Crippen LogP contribution < -0.4 is 5.90 Å². The largest absolute Gasteiger partial charge is 0.373 e. The van der Waals surface area contributed by atoms with Crippen LogP contribution in [0.5, 0.6) is 0 Å². The van der Waals surface area contributed by atoms with E-state index in [9.17, 15) is 4.79 Å². The van der Waals surface area contributed by atoms with E-state index in [4.69, 9.17) is 5.90 Å². The first-order chi connectivity index (χ1) is 6.72. The molecule has 0 aliphatic heterocycles. The van der Waals surface area contributed by atoms with Gasteiger partial charge in [-0.1, -0.05) is 52.4 Å². The zero-order valence-corrected chi connectivity index (χ0v) is 10.6. The van der Waals surface area contributed by atoms with E-state index in [-0.39, 0.29) is 24.3 Å². The summed E-state index contributed by atoms with van der Waals surface area (Å²) in [5, 5.41) is 0. The van der Waals surface area contributed by atoms with E-state index >= 15 is 0 Å². The lowest BCUT2D eigenvalue weighted by atomic mass is 10.0. The molecule has 1 unspecified atom stereocenters. The third-order valence-corrected chi connectivity index (χ3v) is 2.51. The van der Waals surface area contributed by atoms with Crippen LogP contribution >= 0.6 is 12.4 Å². The number of rotatable bonds is 8. The maximum absolute atomic E-state index is 10.9. The minimum absolute atomic E-state index is 0. The van der Waals surface area contributed by atoms with Crippen molar-refractivity contribution >= 4 is 18.4 Å². The van der Waals surface area contributed by atoms with Crippen molar-refractivity contribution in [3.05, 3.63) is 0 Å². The number of hydrogen-bond acceptors (Lipinski definition) is 3. The second-order valence-electron chi connectivity index (χ2n) is 3.89. The Morgan fingerprint density at radius 2 is 1.73 bits per heavy atom. The maximum atomic E-state index is 10.9. The molecule has 1 atom stereocenters. The molecule has 4 heteroatoms. The molecule has 0 amide bonds. The highest BCUT2D eigenvalue weighted by Gasteiger charge is 2.12. The van der Waals surface area contributed by atoms with E-state index in [1.54, 1.807) is 0 Å². The molecule has 3 nitrogen and oxygen atoms in total. The zero-order valence-electron chi connectivity index (χ0n) is 9.83. The third kappa shape index (κ3) is 10.0. The van der Waals surface area contributed by atoms with Crippen molar-refractivity contribution in [1.82, 2.24) is 0 Å². The van der Waals surface area contributed by atoms with Gasteiger partial charge in [-0.15, -0.1) is 12.4 Å². The number of halogens is 1. The van der Waals surface area contributed by atoms with Gasteiger partial charge in [0.2, 0.25) is 0 Å². The molecular weight excluding hydrogens is 214 g/mol. The number of nitrogens with two attached hydrogens (primary N) is 1. The van der Waals surface area contributed by atoms with Gasteiger partial charge in [0.05, 0.1) is 5.92 Å². The van der Waals surface area contributed by atoms with Gasteiger partial charge in [0, 0.05) is 0 Å². The molecule has 0 saturated heterocycles. The molecule has 0 fully saturated rings. The Hall–Kier alpha value is -0.280. The highest BCUT2D eigenvalue weighted by atomic mass is 35.5. The fourth-order valence-corrected chi connectivity index (χ4v) is 1.46. The van der Waals surface area contributed by atoms with Crippen molar-refractivity contribution in [3.8, 4) is 0 Å². The van der Waals surface area contributed by atoms with Gasteiger partial charge in [-0.2, -0.15) is 5.90 Å². The molecule has 0 bridgehead atoms. The molecule has 2 N–H and O–H groups in total. The highest BCUT2D eigenvalue weighted by Crippen LogP contribution is 2.12. The van der Waals surface area contributed by atoms with E-state index in [0.717, 1.165) is 12.8 Å². The van der Waals surface area contributed by atoms with E-state index in [1.165, 1.54) is 32.1 Å². The normalized spacial score (nSPS) is 11.7. The van der Waals surface area contributed by atoms with Crippen LogP contribution in [0.25, 0.3) is 0 Å². The van der Waals surface area contributed by atoms with Gasteiger partial charge in [-0.3, -0.25) is 4.79 Å². The first-order valence-corrected chi connectivity index (χ1v) is 5.63. The average Bonchev–Trinajstić information content (AvgIpc) is 2.21. The Balaban J connectivity index is 0. The molecule has 0 heterocycles. The topological polar surface area (TPSA) is 52.3 Å². The van der Waals surface area contributed by atoms with Gasteiger partial charge >= 0.3 is 5.97 Å². The molecule has 0 aliphatic rings. The quantitative estimate of drug-likeness (QED) is 0.521. The summed E-state index contributed by atoms with van der Waals surface area (Å²) >= 11 is 0. The fraction of sp³-hybridized carbons (Fsp3) is 0.909. The third-order valence-electron chi connectivity index (χ3n) is 2.51. The standard InChI is InChI=1S/C11H23NO2.ClH/c1-3-4-5-6-7-8-9-10(2)11(13)14-12;/h10H,3-9,12H2,1-2H3;1H. The van der Waals surface area contributed by atoms with Crippen LogP contribution in [0.1, 0.15) is 58.8 Å². The summed E-state index contributed by atoms with van der Waals surface area (Å²) in [6, 6.07) is 0. The SMILES string of the molecule is CCCCCCCCC(C)C(=O)ON.Cl. The van der Waals surface area contributed by atoms with Crippen LogP contribution in [0, 0.1) is 5.92 Å². The Kier molecular flexibility index (Phi) is 13.5. The molecule has 0 radical (unpaired) electrons. The Labute approximate surface area is 99.1 Å². The monoisotopic (exact) mass is 237 g/mol.